The maximum absolute atomic E-state index is 5.84. The van der Waals surface area contributed by atoms with Crippen molar-refractivity contribution in [3.63, 3.8) is 0 Å². The van der Waals surface area contributed by atoms with E-state index in [1.807, 2.05) is 17.7 Å². The Morgan fingerprint density at radius 2 is 2.38 bits per heavy atom. The van der Waals surface area contributed by atoms with Crippen molar-refractivity contribution in [3.05, 3.63) is 28.2 Å². The summed E-state index contributed by atoms with van der Waals surface area (Å²) in [6.07, 6.45) is 0.950. The zero-order chi connectivity index (χ0) is 11.5. The van der Waals surface area contributed by atoms with Gasteiger partial charge in [-0.1, -0.05) is 13.0 Å². The van der Waals surface area contributed by atoms with Crippen LogP contribution in [0, 0.1) is 0 Å². The lowest BCUT2D eigenvalue weighted by Crippen LogP contribution is -2.19. The van der Waals surface area contributed by atoms with E-state index in [1.54, 1.807) is 11.3 Å². The maximum atomic E-state index is 5.84. The Hall–Kier alpha value is -1.27. The second-order valence-electron chi connectivity index (χ2n) is 3.71. The highest BCUT2D eigenvalue weighted by molar-refractivity contribution is 7.10. The molecule has 0 spiro atoms. The molecule has 2 heterocycles. The van der Waals surface area contributed by atoms with Gasteiger partial charge in [0.15, 0.2) is 5.82 Å². The molecule has 0 radical (unpaired) electrons. The summed E-state index contributed by atoms with van der Waals surface area (Å²) < 4.78 is 1.83. The minimum atomic E-state index is -0.149. The fourth-order valence-corrected chi connectivity index (χ4v) is 2.59. The van der Waals surface area contributed by atoms with Gasteiger partial charge in [-0.15, -0.1) is 16.4 Å². The van der Waals surface area contributed by atoms with Gasteiger partial charge < -0.3 is 5.73 Å². The molecule has 2 N–H and O–H groups in total. The van der Waals surface area contributed by atoms with Gasteiger partial charge in [0.25, 0.3) is 0 Å². The predicted octanol–water partition coefficient (Wildman–Crippen LogP) is 1.75. The molecule has 0 amide bonds. The molecule has 6 heteroatoms. The zero-order valence-electron chi connectivity index (χ0n) is 9.37. The van der Waals surface area contributed by atoms with Gasteiger partial charge in [0.2, 0.25) is 0 Å². The van der Waals surface area contributed by atoms with Crippen LogP contribution in [0.4, 0.5) is 0 Å². The Balaban J connectivity index is 2.37. The number of thiophene rings is 1. The van der Waals surface area contributed by atoms with Crippen LogP contribution < -0.4 is 5.73 Å². The van der Waals surface area contributed by atoms with Crippen molar-refractivity contribution in [2.75, 3.05) is 0 Å². The van der Waals surface area contributed by atoms with Crippen LogP contribution in [0.3, 0.4) is 0 Å². The van der Waals surface area contributed by atoms with E-state index in [9.17, 15) is 0 Å². The molecule has 16 heavy (non-hydrogen) atoms. The third-order valence-electron chi connectivity index (χ3n) is 2.48. The molecule has 5 nitrogen and oxygen atoms in total. The largest absolute Gasteiger partial charge is 0.322 e. The summed E-state index contributed by atoms with van der Waals surface area (Å²) in [6, 6.07) is 4.18. The van der Waals surface area contributed by atoms with Gasteiger partial charge in [-0.05, 0) is 35.2 Å². The van der Waals surface area contributed by atoms with Crippen molar-refractivity contribution >= 4 is 11.3 Å². The number of hydrogen-bond donors (Lipinski definition) is 1. The van der Waals surface area contributed by atoms with Crippen molar-refractivity contribution in [2.24, 2.45) is 5.73 Å². The van der Waals surface area contributed by atoms with Crippen LogP contribution in [0.1, 0.15) is 43.1 Å². The van der Waals surface area contributed by atoms with E-state index < -0.39 is 0 Å². The quantitative estimate of drug-likeness (QED) is 0.879. The summed E-state index contributed by atoms with van der Waals surface area (Å²) in [5.74, 6) is 0.736. The first-order chi connectivity index (χ1) is 7.74. The third-order valence-corrected chi connectivity index (χ3v) is 3.45. The molecule has 0 fully saturated rings. The van der Waals surface area contributed by atoms with Gasteiger partial charge in [0.05, 0.1) is 12.1 Å². The van der Waals surface area contributed by atoms with Crippen molar-refractivity contribution in [1.29, 1.82) is 0 Å². The second kappa shape index (κ2) is 4.71. The Labute approximate surface area is 98.3 Å². The van der Waals surface area contributed by atoms with Crippen LogP contribution in [0.15, 0.2) is 17.5 Å². The summed E-state index contributed by atoms with van der Waals surface area (Å²) in [7, 11) is 0. The molecule has 0 saturated carbocycles. The first kappa shape index (κ1) is 11.2. The maximum Gasteiger partial charge on any atom is 0.168 e. The summed E-state index contributed by atoms with van der Waals surface area (Å²) in [5.41, 5.74) is 5.84. The Bertz CT molecular complexity index is 434. The van der Waals surface area contributed by atoms with Gasteiger partial charge in [-0.2, -0.15) is 0 Å². The van der Waals surface area contributed by atoms with Crippen molar-refractivity contribution in [3.8, 4) is 0 Å². The summed E-state index contributed by atoms with van der Waals surface area (Å²) in [4.78, 5) is 1.26. The van der Waals surface area contributed by atoms with E-state index in [4.69, 9.17) is 5.73 Å². The number of nitrogens with two attached hydrogens (primary N) is 1. The lowest BCUT2D eigenvalue weighted by atomic mass is 10.2. The average Bonchev–Trinajstić information content (AvgIpc) is 2.88. The summed E-state index contributed by atoms with van der Waals surface area (Å²) in [5, 5.41) is 13.8. The molecule has 86 valence electrons. The molecular weight excluding hydrogens is 222 g/mol. The van der Waals surface area contributed by atoms with Crippen molar-refractivity contribution in [2.45, 2.75) is 32.4 Å². The minimum Gasteiger partial charge on any atom is -0.322 e. The van der Waals surface area contributed by atoms with Crippen molar-refractivity contribution < 1.29 is 0 Å². The Morgan fingerprint density at radius 1 is 1.56 bits per heavy atom. The lowest BCUT2D eigenvalue weighted by molar-refractivity contribution is 0.469. The van der Waals surface area contributed by atoms with E-state index >= 15 is 0 Å². The summed E-state index contributed by atoms with van der Waals surface area (Å²) >= 11 is 1.72. The van der Waals surface area contributed by atoms with Gasteiger partial charge >= 0.3 is 0 Å². The number of aromatic nitrogens is 4. The number of tetrazole rings is 1. The fraction of sp³-hybridized carbons (Fsp3) is 0.500. The number of rotatable bonds is 4. The molecule has 2 unspecified atom stereocenters. The predicted molar refractivity (Wildman–Crippen MR) is 63.2 cm³/mol. The zero-order valence-corrected chi connectivity index (χ0v) is 10.2. The average molecular weight is 237 g/mol. The minimum absolute atomic E-state index is 0.149. The molecule has 0 saturated heterocycles. The van der Waals surface area contributed by atoms with Crippen molar-refractivity contribution in [1.82, 2.24) is 20.2 Å². The van der Waals surface area contributed by atoms with Crippen LogP contribution in [0.2, 0.25) is 0 Å². The molecular formula is C10H15N5S. The molecule has 0 bridgehead atoms. The normalized spacial score (nSPS) is 14.9. The smallest absolute Gasteiger partial charge is 0.168 e. The molecule has 0 aromatic carbocycles. The van der Waals surface area contributed by atoms with E-state index in [1.165, 1.54) is 4.88 Å². The van der Waals surface area contributed by atoms with E-state index in [0.717, 1.165) is 12.2 Å². The highest BCUT2D eigenvalue weighted by Crippen LogP contribution is 2.26. The molecule has 0 aliphatic carbocycles. The van der Waals surface area contributed by atoms with Gasteiger partial charge in [0, 0.05) is 4.88 Å². The van der Waals surface area contributed by atoms with Crippen LogP contribution in [0.25, 0.3) is 0 Å². The lowest BCUT2D eigenvalue weighted by Gasteiger charge is -2.16. The monoisotopic (exact) mass is 237 g/mol. The molecule has 2 rings (SSSR count). The molecule has 0 aliphatic heterocycles. The number of hydrogen-bond acceptors (Lipinski definition) is 5. The highest BCUT2D eigenvalue weighted by Gasteiger charge is 2.20. The van der Waals surface area contributed by atoms with Crippen LogP contribution in [-0.4, -0.2) is 20.2 Å². The molecule has 2 atom stereocenters. The van der Waals surface area contributed by atoms with E-state index in [-0.39, 0.29) is 12.1 Å². The Kier molecular flexibility index (Phi) is 3.31. The first-order valence-corrected chi connectivity index (χ1v) is 6.18. The third kappa shape index (κ3) is 1.98. The van der Waals surface area contributed by atoms with Gasteiger partial charge in [-0.25, -0.2) is 4.68 Å². The highest BCUT2D eigenvalue weighted by atomic mass is 32.1. The first-order valence-electron chi connectivity index (χ1n) is 5.30. The fourth-order valence-electron chi connectivity index (χ4n) is 1.70. The van der Waals surface area contributed by atoms with Crippen LogP contribution in [-0.2, 0) is 0 Å². The molecule has 2 aromatic rings. The SMILES string of the molecule is CCC(c1cccs1)n1nnnc1C(C)N. The second-order valence-corrected chi connectivity index (χ2v) is 4.69. The van der Waals surface area contributed by atoms with Gasteiger partial charge in [0.1, 0.15) is 0 Å². The molecule has 0 aliphatic rings. The topological polar surface area (TPSA) is 69.6 Å². The number of nitrogens with zero attached hydrogens (tertiary/aromatic N) is 4. The Morgan fingerprint density at radius 3 is 2.94 bits per heavy atom. The van der Waals surface area contributed by atoms with Crippen LogP contribution >= 0.6 is 11.3 Å². The van der Waals surface area contributed by atoms with E-state index in [0.29, 0.717) is 0 Å². The van der Waals surface area contributed by atoms with E-state index in [2.05, 4.69) is 33.9 Å². The summed E-state index contributed by atoms with van der Waals surface area (Å²) in [6.45, 7) is 4.01. The van der Waals surface area contributed by atoms with Crippen LogP contribution in [0.5, 0.6) is 0 Å². The molecule has 2 aromatic heterocycles. The standard InChI is InChI=1S/C10H15N5S/c1-3-8(9-5-4-6-16-9)15-10(7(2)11)12-13-14-15/h4-8H,3,11H2,1-2H3. The van der Waals surface area contributed by atoms with Gasteiger partial charge in [-0.3, -0.25) is 0 Å².